The van der Waals surface area contributed by atoms with Crippen molar-refractivity contribution in [1.29, 1.82) is 0 Å². The van der Waals surface area contributed by atoms with Crippen LogP contribution in [0.1, 0.15) is 51.9 Å². The van der Waals surface area contributed by atoms with Gasteiger partial charge >= 0.3 is 6.03 Å². The number of aliphatic imine (C=N–C) groups is 1. The number of imide groups is 1. The van der Waals surface area contributed by atoms with Gasteiger partial charge in [-0.2, -0.15) is 0 Å². The summed E-state index contributed by atoms with van der Waals surface area (Å²) in [5, 5.41) is 4.34. The van der Waals surface area contributed by atoms with Crippen LogP contribution in [-0.4, -0.2) is 56.7 Å². The van der Waals surface area contributed by atoms with E-state index >= 15 is 0 Å². The Morgan fingerprint density at radius 1 is 1.22 bits per heavy atom. The summed E-state index contributed by atoms with van der Waals surface area (Å²) in [5.41, 5.74) is -0.154. The molecule has 4 amide bonds. The highest BCUT2D eigenvalue weighted by Gasteiger charge is 2.51. The molecule has 1 aromatic rings. The van der Waals surface area contributed by atoms with Gasteiger partial charge < -0.3 is 5.32 Å². The van der Waals surface area contributed by atoms with Gasteiger partial charge in [0.15, 0.2) is 5.17 Å². The van der Waals surface area contributed by atoms with Crippen LogP contribution in [0.25, 0.3) is 0 Å². The fraction of sp³-hybridized carbons (Fsp3) is 0.545. The minimum atomic E-state index is -0.770. The van der Waals surface area contributed by atoms with Gasteiger partial charge in [0.25, 0.3) is 5.91 Å². The molecule has 2 saturated heterocycles. The monoisotopic (exact) mass is 496 g/mol. The Morgan fingerprint density at radius 2 is 1.97 bits per heavy atom. The molecular weight excluding hydrogens is 471 g/mol. The Balaban J connectivity index is 1.47. The molecule has 10 heteroatoms. The predicted octanol–water partition coefficient (Wildman–Crippen LogP) is 4.98. The molecule has 2 heterocycles. The molecule has 32 heavy (non-hydrogen) atoms. The van der Waals surface area contributed by atoms with Crippen molar-refractivity contribution in [3.8, 4) is 0 Å². The summed E-state index contributed by atoms with van der Waals surface area (Å²) in [7, 11) is 0. The third-order valence-corrected chi connectivity index (χ3v) is 8.18. The molecule has 2 aliphatic heterocycles. The number of hydrogen-bond donors (Lipinski definition) is 1. The lowest BCUT2D eigenvalue weighted by molar-refractivity contribution is -0.133. The highest BCUT2D eigenvalue weighted by molar-refractivity contribution is 8.14. The average molecular weight is 497 g/mol. The SMILES string of the molecule is CCC1CSC(=Nc2ccc(Cl)c(Cl)c2)N1C(=O)CCN1C(=O)NC2(CCCCC2)C1=O. The Kier molecular flexibility index (Phi) is 7.03. The van der Waals surface area contributed by atoms with Crippen LogP contribution in [0.15, 0.2) is 23.2 Å². The second kappa shape index (κ2) is 9.61. The standard InChI is InChI=1S/C22H26Cl2N4O3S/c1-2-15-13-32-21(25-14-6-7-16(23)17(24)12-14)28(15)18(29)8-11-27-19(30)22(26-20(27)31)9-4-3-5-10-22/h6-7,12,15H,2-5,8-11,13H2,1H3,(H,26,31). The van der Waals surface area contributed by atoms with E-state index < -0.39 is 11.6 Å². The van der Waals surface area contributed by atoms with E-state index in [1.165, 1.54) is 16.7 Å². The molecule has 1 unspecified atom stereocenters. The van der Waals surface area contributed by atoms with Crippen molar-refractivity contribution in [2.24, 2.45) is 4.99 Å². The fourth-order valence-corrected chi connectivity index (χ4v) is 6.11. The normalized spacial score (nSPS) is 24.0. The predicted molar refractivity (Wildman–Crippen MR) is 128 cm³/mol. The van der Waals surface area contributed by atoms with Crippen LogP contribution in [0.3, 0.4) is 0 Å². The first-order chi connectivity index (χ1) is 15.3. The average Bonchev–Trinajstić information content (AvgIpc) is 3.28. The van der Waals surface area contributed by atoms with Gasteiger partial charge in [-0.05, 0) is 37.5 Å². The minimum Gasteiger partial charge on any atom is -0.323 e. The largest absolute Gasteiger partial charge is 0.325 e. The quantitative estimate of drug-likeness (QED) is 0.582. The number of benzene rings is 1. The number of carbonyl (C=O) groups is 3. The van der Waals surface area contributed by atoms with Gasteiger partial charge in [-0.3, -0.25) is 19.4 Å². The second-order valence-corrected chi connectivity index (χ2v) is 10.2. The molecule has 1 spiro atoms. The molecule has 4 rings (SSSR count). The van der Waals surface area contributed by atoms with Gasteiger partial charge in [0.05, 0.1) is 15.7 Å². The van der Waals surface area contributed by atoms with Crippen LogP contribution in [0.4, 0.5) is 10.5 Å². The maximum atomic E-state index is 13.2. The first-order valence-corrected chi connectivity index (χ1v) is 12.7. The molecule has 1 atom stereocenters. The van der Waals surface area contributed by atoms with E-state index in [0.29, 0.717) is 33.7 Å². The van der Waals surface area contributed by atoms with Crippen LogP contribution in [0, 0.1) is 0 Å². The maximum absolute atomic E-state index is 13.2. The summed E-state index contributed by atoms with van der Waals surface area (Å²) < 4.78 is 0. The minimum absolute atomic E-state index is 0.0156. The molecule has 1 aromatic carbocycles. The maximum Gasteiger partial charge on any atom is 0.325 e. The second-order valence-electron chi connectivity index (χ2n) is 8.41. The molecule has 0 radical (unpaired) electrons. The van der Waals surface area contributed by atoms with Crippen molar-refractivity contribution in [3.05, 3.63) is 28.2 Å². The molecular formula is C22H26Cl2N4O3S. The van der Waals surface area contributed by atoms with Gasteiger partial charge in [0, 0.05) is 24.8 Å². The van der Waals surface area contributed by atoms with Gasteiger partial charge in [0.2, 0.25) is 5.91 Å². The van der Waals surface area contributed by atoms with Crippen molar-refractivity contribution < 1.29 is 14.4 Å². The van der Waals surface area contributed by atoms with E-state index in [9.17, 15) is 14.4 Å². The molecule has 0 bridgehead atoms. The lowest BCUT2D eigenvalue weighted by Crippen LogP contribution is -2.48. The summed E-state index contributed by atoms with van der Waals surface area (Å²) in [6, 6.07) is 4.71. The lowest BCUT2D eigenvalue weighted by Gasteiger charge is -2.30. The molecule has 7 nitrogen and oxygen atoms in total. The number of nitrogens with zero attached hydrogens (tertiary/aromatic N) is 3. The first kappa shape index (κ1) is 23.4. The zero-order chi connectivity index (χ0) is 22.9. The van der Waals surface area contributed by atoms with Gasteiger partial charge in [-0.25, -0.2) is 9.79 Å². The molecule has 3 fully saturated rings. The number of urea groups is 1. The summed E-state index contributed by atoms with van der Waals surface area (Å²) in [6.07, 6.45) is 5.12. The molecule has 172 valence electrons. The van der Waals surface area contributed by atoms with Crippen LogP contribution in [0.2, 0.25) is 10.0 Å². The van der Waals surface area contributed by atoms with E-state index in [1.54, 1.807) is 23.1 Å². The number of nitrogens with one attached hydrogen (secondary N) is 1. The van der Waals surface area contributed by atoms with Crippen molar-refractivity contribution in [2.45, 2.75) is 63.5 Å². The molecule has 1 N–H and O–H groups in total. The van der Waals surface area contributed by atoms with Gasteiger partial charge in [-0.1, -0.05) is 61.1 Å². The van der Waals surface area contributed by atoms with Crippen molar-refractivity contribution >= 4 is 63.7 Å². The number of rotatable bonds is 5. The Morgan fingerprint density at radius 3 is 2.66 bits per heavy atom. The first-order valence-electron chi connectivity index (χ1n) is 11.0. The van der Waals surface area contributed by atoms with Crippen molar-refractivity contribution in [2.75, 3.05) is 12.3 Å². The van der Waals surface area contributed by atoms with Crippen LogP contribution in [0.5, 0.6) is 0 Å². The van der Waals surface area contributed by atoms with Crippen molar-refractivity contribution in [1.82, 2.24) is 15.1 Å². The zero-order valence-electron chi connectivity index (χ0n) is 17.9. The van der Waals surface area contributed by atoms with Crippen LogP contribution < -0.4 is 5.32 Å². The Labute approximate surface area is 201 Å². The van der Waals surface area contributed by atoms with Crippen molar-refractivity contribution in [3.63, 3.8) is 0 Å². The summed E-state index contributed by atoms with van der Waals surface area (Å²) >= 11 is 13.6. The third kappa shape index (κ3) is 4.50. The smallest absolute Gasteiger partial charge is 0.323 e. The van der Waals surface area contributed by atoms with E-state index in [-0.39, 0.29) is 30.8 Å². The number of amidine groups is 1. The lowest BCUT2D eigenvalue weighted by atomic mass is 9.82. The zero-order valence-corrected chi connectivity index (χ0v) is 20.2. The summed E-state index contributed by atoms with van der Waals surface area (Å²) in [5.74, 6) is 0.405. The molecule has 3 aliphatic rings. The molecule has 0 aromatic heterocycles. The Hall–Kier alpha value is -1.77. The number of hydrogen-bond acceptors (Lipinski definition) is 5. The number of carbonyl (C=O) groups excluding carboxylic acids is 3. The molecule has 1 aliphatic carbocycles. The van der Waals surface area contributed by atoms with E-state index in [0.717, 1.165) is 31.4 Å². The summed E-state index contributed by atoms with van der Waals surface area (Å²) in [4.78, 5) is 46.2. The van der Waals surface area contributed by atoms with E-state index in [1.807, 2.05) is 6.92 Å². The highest BCUT2D eigenvalue weighted by Crippen LogP contribution is 2.35. The number of halogens is 2. The molecule has 1 saturated carbocycles. The van der Waals surface area contributed by atoms with E-state index in [2.05, 4.69) is 10.3 Å². The van der Waals surface area contributed by atoms with Crippen LogP contribution in [-0.2, 0) is 9.59 Å². The van der Waals surface area contributed by atoms with Gasteiger partial charge in [0.1, 0.15) is 5.54 Å². The van der Waals surface area contributed by atoms with Gasteiger partial charge in [-0.15, -0.1) is 0 Å². The van der Waals surface area contributed by atoms with E-state index in [4.69, 9.17) is 23.2 Å². The third-order valence-electron chi connectivity index (χ3n) is 6.35. The number of amides is 4. The fourth-order valence-electron chi connectivity index (χ4n) is 4.53. The summed E-state index contributed by atoms with van der Waals surface area (Å²) in [6.45, 7) is 2.10. The van der Waals surface area contributed by atoms with Crippen LogP contribution >= 0.6 is 35.0 Å². The highest BCUT2D eigenvalue weighted by atomic mass is 35.5. The Bertz CT molecular complexity index is 964. The number of thioether (sulfide) groups is 1. The topological polar surface area (TPSA) is 82.1 Å².